The number of hydrogen-bond acceptors (Lipinski definition) is 5. The maximum Gasteiger partial charge on any atom is 0.264 e. The van der Waals surface area contributed by atoms with Gasteiger partial charge in [-0.2, -0.15) is 0 Å². The second-order valence-corrected chi connectivity index (χ2v) is 6.33. The van der Waals surface area contributed by atoms with Crippen LogP contribution in [0.2, 0.25) is 0 Å². The minimum absolute atomic E-state index is 0.232. The molecule has 1 fully saturated rings. The summed E-state index contributed by atoms with van der Waals surface area (Å²) in [6.07, 6.45) is 5.00. The number of hydrogen-bond donors (Lipinski definition) is 1. The van der Waals surface area contributed by atoms with Gasteiger partial charge in [-0.05, 0) is 53.7 Å². The Morgan fingerprint density at radius 1 is 1.20 bits per heavy atom. The number of aromatic nitrogens is 2. The summed E-state index contributed by atoms with van der Waals surface area (Å²) in [7, 11) is 0. The normalized spacial score (nSPS) is 17.4. The van der Waals surface area contributed by atoms with Crippen molar-refractivity contribution < 1.29 is 9.18 Å². The van der Waals surface area contributed by atoms with Gasteiger partial charge in [-0.1, -0.05) is 12.1 Å². The van der Waals surface area contributed by atoms with E-state index in [2.05, 4.69) is 20.3 Å². The predicted molar refractivity (Wildman–Crippen MR) is 96.7 cm³/mol. The summed E-state index contributed by atoms with van der Waals surface area (Å²) in [5, 5.41) is 4.01. The zero-order valence-corrected chi connectivity index (χ0v) is 13.6. The van der Waals surface area contributed by atoms with E-state index in [-0.39, 0.29) is 11.7 Å². The molecule has 2 aromatic carbocycles. The number of amidine groups is 1. The Bertz CT molecular complexity index is 1050. The lowest BCUT2D eigenvalue weighted by Crippen LogP contribution is -2.19. The zero-order chi connectivity index (χ0) is 17.2. The van der Waals surface area contributed by atoms with Crippen molar-refractivity contribution in [3.8, 4) is 0 Å². The van der Waals surface area contributed by atoms with Crippen LogP contribution >= 0.6 is 11.8 Å². The molecule has 0 aliphatic carbocycles. The van der Waals surface area contributed by atoms with Crippen molar-refractivity contribution in [2.75, 3.05) is 0 Å². The van der Waals surface area contributed by atoms with Gasteiger partial charge in [0.15, 0.2) is 5.17 Å². The molecule has 0 spiro atoms. The van der Waals surface area contributed by atoms with E-state index in [4.69, 9.17) is 0 Å². The fourth-order valence-electron chi connectivity index (χ4n) is 2.39. The monoisotopic (exact) mass is 350 g/mol. The Balaban J connectivity index is 1.62. The molecule has 1 N–H and O–H groups in total. The third kappa shape index (κ3) is 3.41. The van der Waals surface area contributed by atoms with E-state index in [0.717, 1.165) is 16.5 Å². The minimum atomic E-state index is -0.370. The van der Waals surface area contributed by atoms with Crippen LogP contribution in [-0.4, -0.2) is 21.0 Å². The summed E-state index contributed by atoms with van der Waals surface area (Å²) < 4.78 is 13.2. The quantitative estimate of drug-likeness (QED) is 0.716. The van der Waals surface area contributed by atoms with Crippen LogP contribution in [0, 0.1) is 5.82 Å². The van der Waals surface area contributed by atoms with Gasteiger partial charge in [0.25, 0.3) is 5.91 Å². The Morgan fingerprint density at radius 2 is 2.12 bits per heavy atom. The highest BCUT2D eigenvalue weighted by Crippen LogP contribution is 2.28. The van der Waals surface area contributed by atoms with Gasteiger partial charge >= 0.3 is 0 Å². The number of aliphatic imine (C=N–C) groups is 1. The molecule has 5 nitrogen and oxygen atoms in total. The first kappa shape index (κ1) is 15.5. The van der Waals surface area contributed by atoms with Gasteiger partial charge in [-0.25, -0.2) is 19.4 Å². The molecular formula is C18H11FN4OS. The molecule has 25 heavy (non-hydrogen) atoms. The highest BCUT2D eigenvalue weighted by molar-refractivity contribution is 8.18. The molecule has 0 atom stereocenters. The molecule has 3 aromatic rings. The smallest absolute Gasteiger partial charge is 0.264 e. The average Bonchev–Trinajstić information content (AvgIpc) is 2.94. The Morgan fingerprint density at radius 3 is 3.00 bits per heavy atom. The van der Waals surface area contributed by atoms with Crippen molar-refractivity contribution >= 4 is 45.5 Å². The third-order valence-electron chi connectivity index (χ3n) is 3.52. The fourth-order valence-corrected chi connectivity index (χ4v) is 3.23. The first-order valence-electron chi connectivity index (χ1n) is 7.42. The number of carbonyl (C=O) groups excluding carboxylic acids is 1. The maximum atomic E-state index is 13.2. The van der Waals surface area contributed by atoms with E-state index < -0.39 is 0 Å². The van der Waals surface area contributed by atoms with Gasteiger partial charge < -0.3 is 5.32 Å². The number of carbonyl (C=O) groups is 1. The van der Waals surface area contributed by atoms with Gasteiger partial charge in [0.05, 0.1) is 16.1 Å². The van der Waals surface area contributed by atoms with Crippen molar-refractivity contribution in [3.05, 3.63) is 71.3 Å². The van der Waals surface area contributed by atoms with Crippen molar-refractivity contribution in [1.82, 2.24) is 15.3 Å². The first-order valence-corrected chi connectivity index (χ1v) is 8.24. The van der Waals surface area contributed by atoms with Crippen LogP contribution in [0.5, 0.6) is 0 Å². The number of nitrogens with one attached hydrogen (secondary N) is 1. The SMILES string of the molecule is O=C1NC(=Nc2cccc(F)c2)S/C1=C\c1ccc2ncncc2c1. The van der Waals surface area contributed by atoms with Gasteiger partial charge in [-0.3, -0.25) is 4.79 Å². The van der Waals surface area contributed by atoms with E-state index in [1.807, 2.05) is 18.2 Å². The number of fused-ring (bicyclic) bond motifs is 1. The van der Waals surface area contributed by atoms with Crippen LogP contribution < -0.4 is 5.32 Å². The molecule has 1 saturated heterocycles. The highest BCUT2D eigenvalue weighted by Gasteiger charge is 2.23. The second-order valence-electron chi connectivity index (χ2n) is 5.30. The summed E-state index contributed by atoms with van der Waals surface area (Å²) in [5.41, 5.74) is 2.16. The molecule has 122 valence electrons. The van der Waals surface area contributed by atoms with Crippen LogP contribution in [0.4, 0.5) is 10.1 Å². The lowest BCUT2D eigenvalue weighted by molar-refractivity contribution is -0.115. The Kier molecular flexibility index (Phi) is 3.99. The summed E-state index contributed by atoms with van der Waals surface area (Å²) >= 11 is 1.22. The summed E-state index contributed by atoms with van der Waals surface area (Å²) in [5.74, 6) is -0.602. The topological polar surface area (TPSA) is 67.2 Å². The fraction of sp³-hybridized carbons (Fsp3) is 0. The molecule has 2 heterocycles. The summed E-state index contributed by atoms with van der Waals surface area (Å²) in [4.78, 5) is 25.1. The molecular weight excluding hydrogens is 339 g/mol. The predicted octanol–water partition coefficient (Wildman–Crippen LogP) is 3.66. The van der Waals surface area contributed by atoms with Crippen molar-refractivity contribution in [3.63, 3.8) is 0 Å². The van der Waals surface area contributed by atoms with Gasteiger partial charge in [-0.15, -0.1) is 0 Å². The lowest BCUT2D eigenvalue weighted by Gasteiger charge is -1.98. The standard InChI is InChI=1S/C18H11FN4OS/c19-13-2-1-3-14(8-13)22-18-23-17(24)16(25-18)7-11-4-5-15-12(6-11)9-20-10-21-15/h1-10H,(H,22,23,24)/b16-7-. The summed E-state index contributed by atoms with van der Waals surface area (Å²) in [6.45, 7) is 0. The van der Waals surface area contributed by atoms with Crippen LogP contribution in [0.15, 0.2) is 64.9 Å². The van der Waals surface area contributed by atoms with Crippen LogP contribution in [0.1, 0.15) is 5.56 Å². The van der Waals surface area contributed by atoms with Crippen molar-refractivity contribution in [2.24, 2.45) is 4.99 Å². The molecule has 0 unspecified atom stereocenters. The number of rotatable bonds is 2. The van der Waals surface area contributed by atoms with E-state index in [9.17, 15) is 9.18 Å². The molecule has 0 saturated carbocycles. The average molecular weight is 350 g/mol. The van der Waals surface area contributed by atoms with E-state index in [1.165, 1.54) is 30.2 Å². The van der Waals surface area contributed by atoms with Crippen LogP contribution in [-0.2, 0) is 4.79 Å². The number of nitrogens with zero attached hydrogens (tertiary/aromatic N) is 3. The molecule has 7 heteroatoms. The maximum absolute atomic E-state index is 13.2. The number of amides is 1. The lowest BCUT2D eigenvalue weighted by atomic mass is 10.1. The second kappa shape index (κ2) is 6.45. The van der Waals surface area contributed by atoms with Gasteiger partial charge in [0.2, 0.25) is 0 Å². The number of thioether (sulfide) groups is 1. The van der Waals surface area contributed by atoms with Crippen molar-refractivity contribution in [1.29, 1.82) is 0 Å². The Labute approximate surface area is 146 Å². The van der Waals surface area contributed by atoms with Crippen molar-refractivity contribution in [2.45, 2.75) is 0 Å². The summed E-state index contributed by atoms with van der Waals surface area (Å²) in [6, 6.07) is 11.6. The molecule has 1 aliphatic heterocycles. The first-order chi connectivity index (χ1) is 12.2. The van der Waals surface area contributed by atoms with E-state index >= 15 is 0 Å². The molecule has 1 aromatic heterocycles. The van der Waals surface area contributed by atoms with E-state index in [1.54, 1.807) is 24.4 Å². The molecule has 0 bridgehead atoms. The zero-order valence-electron chi connectivity index (χ0n) is 12.8. The Hall–Kier alpha value is -3.06. The van der Waals surface area contributed by atoms with Gasteiger partial charge in [0, 0.05) is 11.6 Å². The largest absolute Gasteiger partial charge is 0.300 e. The van der Waals surface area contributed by atoms with E-state index in [0.29, 0.717) is 15.8 Å². The molecule has 4 rings (SSSR count). The van der Waals surface area contributed by atoms with Crippen LogP contribution in [0.25, 0.3) is 17.0 Å². The van der Waals surface area contributed by atoms with Crippen LogP contribution in [0.3, 0.4) is 0 Å². The molecule has 1 aliphatic rings. The number of benzene rings is 2. The van der Waals surface area contributed by atoms with Gasteiger partial charge in [0.1, 0.15) is 12.1 Å². The minimum Gasteiger partial charge on any atom is -0.300 e. The molecule has 1 amide bonds. The third-order valence-corrected chi connectivity index (χ3v) is 4.43. The molecule has 0 radical (unpaired) electrons. The highest BCUT2D eigenvalue weighted by atomic mass is 32.2. The number of halogens is 1.